The molecule has 1 aromatic carbocycles. The van der Waals surface area contributed by atoms with Gasteiger partial charge in [-0.05, 0) is 36.5 Å². The molecule has 2 heterocycles. The van der Waals surface area contributed by atoms with Crippen molar-refractivity contribution in [1.82, 2.24) is 10.2 Å². The second-order valence-corrected chi connectivity index (χ2v) is 12.5. The lowest BCUT2D eigenvalue weighted by Crippen LogP contribution is -2.40. The van der Waals surface area contributed by atoms with Crippen molar-refractivity contribution in [3.05, 3.63) is 40.9 Å². The number of nitrogens with zero attached hydrogens (tertiary/aromatic N) is 4. The first-order chi connectivity index (χ1) is 15.5. The van der Waals surface area contributed by atoms with Crippen molar-refractivity contribution in [2.24, 2.45) is 10.2 Å². The first-order valence-corrected chi connectivity index (χ1v) is 14.2. The van der Waals surface area contributed by atoms with Gasteiger partial charge in [0, 0.05) is 18.5 Å². The molecule has 4 rings (SSSR count). The van der Waals surface area contributed by atoms with Crippen LogP contribution in [0.2, 0.25) is 0 Å². The molecule has 2 aromatic rings. The minimum absolute atomic E-state index is 0.0522. The Kier molecular flexibility index (Phi) is 6.08. The van der Waals surface area contributed by atoms with Crippen LogP contribution in [0.15, 0.2) is 55.3 Å². The summed E-state index contributed by atoms with van der Waals surface area (Å²) in [6, 6.07) is 5.14. The maximum atomic E-state index is 13.5. The van der Waals surface area contributed by atoms with E-state index in [-0.39, 0.29) is 27.6 Å². The normalized spacial score (nSPS) is 19.5. The summed E-state index contributed by atoms with van der Waals surface area (Å²) >= 11 is 0. The summed E-state index contributed by atoms with van der Waals surface area (Å²) in [5.74, 6) is -0.689. The van der Waals surface area contributed by atoms with E-state index < -0.39 is 30.6 Å². The van der Waals surface area contributed by atoms with E-state index in [0.717, 1.165) is 50.1 Å². The Labute approximate surface area is 193 Å². The number of H-pyrrole nitrogens is 1. The SMILES string of the molecule is CC(C)c1ccc2c(c1)S(=O)(=O)C(N=Nc1n[nH]cc1S(C)(=O)=O)=C(O)N2C1CCCCC1. The molecular weight excluding hydrogens is 466 g/mol. The van der Waals surface area contributed by atoms with Gasteiger partial charge in [0.2, 0.25) is 26.6 Å². The van der Waals surface area contributed by atoms with Crippen molar-refractivity contribution in [3.63, 3.8) is 0 Å². The third-order valence-corrected chi connectivity index (χ3v) is 8.81. The third-order valence-electron chi connectivity index (χ3n) is 6.03. The van der Waals surface area contributed by atoms with Crippen LogP contribution in [0.3, 0.4) is 0 Å². The summed E-state index contributed by atoms with van der Waals surface area (Å²) in [5.41, 5.74) is 1.25. The third kappa shape index (κ3) is 4.29. The molecule has 0 saturated heterocycles. The molecule has 0 spiro atoms. The van der Waals surface area contributed by atoms with Gasteiger partial charge in [-0.3, -0.25) is 5.10 Å². The fourth-order valence-corrected chi connectivity index (χ4v) is 6.38. The van der Waals surface area contributed by atoms with E-state index in [0.29, 0.717) is 5.69 Å². The van der Waals surface area contributed by atoms with Crippen molar-refractivity contribution in [2.75, 3.05) is 11.2 Å². The average Bonchev–Trinajstić information content (AvgIpc) is 3.23. The highest BCUT2D eigenvalue weighted by molar-refractivity contribution is 7.95. The summed E-state index contributed by atoms with van der Waals surface area (Å²) in [4.78, 5) is 1.47. The van der Waals surface area contributed by atoms with Crippen molar-refractivity contribution < 1.29 is 21.9 Å². The molecule has 0 amide bonds. The number of anilines is 1. The summed E-state index contributed by atoms with van der Waals surface area (Å²) in [6.07, 6.45) is 6.78. The number of aromatic nitrogens is 2. The Hall–Kier alpha value is -2.73. The minimum Gasteiger partial charge on any atom is -0.492 e. The Bertz CT molecular complexity index is 1340. The summed E-state index contributed by atoms with van der Waals surface area (Å²) in [5, 5.41) is 24.3. The van der Waals surface area contributed by atoms with E-state index >= 15 is 0 Å². The number of nitrogens with one attached hydrogen (secondary N) is 1. The monoisotopic (exact) mass is 493 g/mol. The standard InChI is InChI=1S/C21H27N5O5S2/c1-13(2)14-9-10-16-17(11-14)33(30,31)20(21(27)26(16)15-7-5-4-6-8-15)25-24-19-18(12-22-23-19)32(3,28)29/h9-13,15,27H,4-8H2,1-3H3,(H,22,23). The number of benzene rings is 1. The molecule has 1 aliphatic heterocycles. The summed E-state index contributed by atoms with van der Waals surface area (Å²) in [6.45, 7) is 3.93. The molecule has 33 heavy (non-hydrogen) atoms. The van der Waals surface area contributed by atoms with Crippen molar-refractivity contribution >= 4 is 31.2 Å². The number of fused-ring (bicyclic) bond motifs is 1. The molecule has 12 heteroatoms. The zero-order valence-corrected chi connectivity index (χ0v) is 20.3. The highest BCUT2D eigenvalue weighted by Crippen LogP contribution is 2.43. The van der Waals surface area contributed by atoms with Crippen LogP contribution in [0, 0.1) is 0 Å². The van der Waals surface area contributed by atoms with E-state index in [9.17, 15) is 21.9 Å². The van der Waals surface area contributed by atoms with Crippen LogP contribution < -0.4 is 4.90 Å². The van der Waals surface area contributed by atoms with Crippen LogP contribution >= 0.6 is 0 Å². The Morgan fingerprint density at radius 1 is 1.18 bits per heavy atom. The van der Waals surface area contributed by atoms with Crippen LogP contribution in [0.4, 0.5) is 11.5 Å². The highest BCUT2D eigenvalue weighted by Gasteiger charge is 2.41. The lowest BCUT2D eigenvalue weighted by molar-refractivity contribution is 0.335. The molecule has 0 unspecified atom stereocenters. The second kappa shape index (κ2) is 8.56. The number of aromatic amines is 1. The lowest BCUT2D eigenvalue weighted by atomic mass is 9.93. The number of sulfone groups is 2. The number of azo groups is 1. The predicted octanol–water partition coefficient (Wildman–Crippen LogP) is 4.33. The van der Waals surface area contributed by atoms with E-state index in [1.165, 1.54) is 0 Å². The quantitative estimate of drug-likeness (QED) is 0.590. The fourth-order valence-electron chi connectivity index (χ4n) is 4.26. The number of hydrogen-bond acceptors (Lipinski definition) is 9. The molecule has 10 nitrogen and oxygen atoms in total. The number of hydrogen-bond donors (Lipinski definition) is 2. The molecular formula is C21H27N5O5S2. The topological polar surface area (TPSA) is 145 Å². The first-order valence-electron chi connectivity index (χ1n) is 10.8. The van der Waals surface area contributed by atoms with Gasteiger partial charge in [0.05, 0.1) is 10.6 Å². The molecule has 1 aliphatic carbocycles. The molecule has 1 fully saturated rings. The van der Waals surface area contributed by atoms with Crippen LogP contribution in [-0.2, 0) is 19.7 Å². The van der Waals surface area contributed by atoms with Crippen LogP contribution in [0.5, 0.6) is 0 Å². The molecule has 0 bridgehead atoms. The molecule has 0 radical (unpaired) electrons. The predicted molar refractivity (Wildman–Crippen MR) is 123 cm³/mol. The van der Waals surface area contributed by atoms with E-state index in [4.69, 9.17) is 0 Å². The number of aliphatic hydroxyl groups excluding tert-OH is 1. The second-order valence-electron chi connectivity index (χ2n) is 8.72. The summed E-state index contributed by atoms with van der Waals surface area (Å²) in [7, 11) is -7.88. The van der Waals surface area contributed by atoms with Gasteiger partial charge in [-0.25, -0.2) is 16.8 Å². The minimum atomic E-state index is -4.22. The first kappa shape index (κ1) is 23.4. The maximum Gasteiger partial charge on any atom is 0.242 e. The van der Waals surface area contributed by atoms with Crippen molar-refractivity contribution in [1.29, 1.82) is 0 Å². The summed E-state index contributed by atoms with van der Waals surface area (Å²) < 4.78 is 50.9. The zero-order valence-electron chi connectivity index (χ0n) is 18.7. The van der Waals surface area contributed by atoms with Gasteiger partial charge in [0.15, 0.2) is 9.84 Å². The fraction of sp³-hybridized carbons (Fsp3) is 0.476. The van der Waals surface area contributed by atoms with Gasteiger partial charge in [-0.2, -0.15) is 5.10 Å². The van der Waals surface area contributed by atoms with E-state index in [1.807, 2.05) is 19.9 Å². The highest BCUT2D eigenvalue weighted by atomic mass is 32.2. The van der Waals surface area contributed by atoms with Crippen molar-refractivity contribution in [2.45, 2.75) is 67.7 Å². The maximum absolute atomic E-state index is 13.5. The van der Waals surface area contributed by atoms with Gasteiger partial charge in [-0.1, -0.05) is 39.2 Å². The van der Waals surface area contributed by atoms with Crippen LogP contribution in [-0.4, -0.2) is 44.4 Å². The van der Waals surface area contributed by atoms with Crippen LogP contribution in [0.1, 0.15) is 57.4 Å². The van der Waals surface area contributed by atoms with Gasteiger partial charge in [0.1, 0.15) is 4.90 Å². The zero-order chi connectivity index (χ0) is 24.0. The average molecular weight is 494 g/mol. The molecule has 2 N–H and O–H groups in total. The Balaban J connectivity index is 1.88. The molecule has 0 atom stereocenters. The largest absolute Gasteiger partial charge is 0.492 e. The van der Waals surface area contributed by atoms with Gasteiger partial charge in [0.25, 0.3) is 0 Å². The van der Waals surface area contributed by atoms with Crippen LogP contribution in [0.25, 0.3) is 0 Å². The lowest BCUT2D eigenvalue weighted by Gasteiger charge is -2.38. The van der Waals surface area contributed by atoms with Crippen molar-refractivity contribution in [3.8, 4) is 0 Å². The van der Waals surface area contributed by atoms with Gasteiger partial charge < -0.3 is 10.0 Å². The Morgan fingerprint density at radius 3 is 2.52 bits per heavy atom. The molecule has 2 aliphatic rings. The molecule has 178 valence electrons. The van der Waals surface area contributed by atoms with Gasteiger partial charge >= 0.3 is 0 Å². The van der Waals surface area contributed by atoms with E-state index in [1.54, 1.807) is 17.0 Å². The smallest absolute Gasteiger partial charge is 0.242 e. The molecule has 1 saturated carbocycles. The number of aliphatic hydroxyl groups is 1. The van der Waals surface area contributed by atoms with Gasteiger partial charge in [-0.15, -0.1) is 10.2 Å². The number of rotatable bonds is 5. The van der Waals surface area contributed by atoms with E-state index in [2.05, 4.69) is 20.4 Å². The Morgan fingerprint density at radius 2 is 1.88 bits per heavy atom. The molecule has 1 aromatic heterocycles.